The fourth-order valence-electron chi connectivity index (χ4n) is 4.14. The van der Waals surface area contributed by atoms with Gasteiger partial charge in [-0.1, -0.05) is 0 Å². The Morgan fingerprint density at radius 1 is 1.15 bits per heavy atom. The van der Waals surface area contributed by atoms with E-state index >= 15 is 0 Å². The molecule has 2 aromatic heterocycles. The fraction of sp³-hybridized carbons (Fsp3) is 0.526. The zero-order valence-electron chi connectivity index (χ0n) is 15.6. The van der Waals surface area contributed by atoms with Gasteiger partial charge in [-0.25, -0.2) is 13.8 Å². The number of nitrogens with zero attached hydrogens (tertiary/aromatic N) is 6. The van der Waals surface area contributed by atoms with E-state index in [0.29, 0.717) is 11.9 Å². The summed E-state index contributed by atoms with van der Waals surface area (Å²) in [5.41, 5.74) is 0.105. The normalized spacial score (nSPS) is 22.7. The predicted octanol–water partition coefficient (Wildman–Crippen LogP) is 2.32. The molecule has 2 saturated heterocycles. The van der Waals surface area contributed by atoms with Gasteiger partial charge >= 0.3 is 0 Å². The van der Waals surface area contributed by atoms with Crippen LogP contribution in [0.2, 0.25) is 0 Å². The Morgan fingerprint density at radius 2 is 1.89 bits per heavy atom. The highest BCUT2D eigenvalue weighted by Gasteiger charge is 2.39. The quantitative estimate of drug-likeness (QED) is 0.819. The SMILES string of the molecule is CN(C)c1ccnc(N2CCC3CCN(Cc4c(F)cncc4F)C3C2)n1. The molecule has 4 heterocycles. The summed E-state index contributed by atoms with van der Waals surface area (Å²) in [5, 5.41) is 0. The van der Waals surface area contributed by atoms with E-state index in [1.165, 1.54) is 0 Å². The first-order valence-electron chi connectivity index (χ1n) is 9.30. The van der Waals surface area contributed by atoms with Crippen molar-refractivity contribution in [2.75, 3.05) is 43.5 Å². The van der Waals surface area contributed by atoms with E-state index in [2.05, 4.69) is 24.8 Å². The molecule has 6 nitrogen and oxygen atoms in total. The summed E-state index contributed by atoms with van der Waals surface area (Å²) in [6.45, 7) is 2.80. The van der Waals surface area contributed by atoms with Crippen molar-refractivity contribution in [3.8, 4) is 0 Å². The highest BCUT2D eigenvalue weighted by atomic mass is 19.1. The van der Waals surface area contributed by atoms with Gasteiger partial charge in [-0.15, -0.1) is 0 Å². The summed E-state index contributed by atoms with van der Waals surface area (Å²) in [4.78, 5) is 19.0. The Morgan fingerprint density at radius 3 is 2.63 bits per heavy atom. The number of hydrogen-bond acceptors (Lipinski definition) is 6. The number of hydrogen-bond donors (Lipinski definition) is 0. The molecule has 0 saturated carbocycles. The average Bonchev–Trinajstić information content (AvgIpc) is 3.07. The van der Waals surface area contributed by atoms with Crippen LogP contribution in [-0.2, 0) is 6.54 Å². The van der Waals surface area contributed by atoms with Gasteiger partial charge in [0.1, 0.15) is 17.5 Å². The second kappa shape index (κ2) is 7.34. The van der Waals surface area contributed by atoms with E-state index in [1.54, 1.807) is 6.20 Å². The number of pyridine rings is 1. The highest BCUT2D eigenvalue weighted by molar-refractivity contribution is 5.43. The first-order valence-corrected chi connectivity index (χ1v) is 9.30. The monoisotopic (exact) mass is 374 g/mol. The number of piperidine rings is 1. The van der Waals surface area contributed by atoms with Crippen LogP contribution in [0, 0.1) is 17.6 Å². The van der Waals surface area contributed by atoms with Crippen molar-refractivity contribution in [3.63, 3.8) is 0 Å². The lowest BCUT2D eigenvalue weighted by molar-refractivity contribution is 0.195. The number of aromatic nitrogens is 3. The maximum atomic E-state index is 14.0. The molecule has 0 radical (unpaired) electrons. The van der Waals surface area contributed by atoms with Gasteiger partial charge in [-0.2, -0.15) is 4.98 Å². The van der Waals surface area contributed by atoms with Crippen molar-refractivity contribution in [1.82, 2.24) is 19.9 Å². The van der Waals surface area contributed by atoms with E-state index in [-0.39, 0.29) is 18.2 Å². The van der Waals surface area contributed by atoms with Crippen LogP contribution in [0.25, 0.3) is 0 Å². The number of likely N-dealkylation sites (tertiary alicyclic amines) is 1. The Labute approximate surface area is 157 Å². The van der Waals surface area contributed by atoms with Crippen LogP contribution in [0.4, 0.5) is 20.5 Å². The average molecular weight is 374 g/mol. The Kier molecular flexibility index (Phi) is 4.90. The van der Waals surface area contributed by atoms with Crippen molar-refractivity contribution in [2.45, 2.75) is 25.4 Å². The maximum absolute atomic E-state index is 14.0. The van der Waals surface area contributed by atoms with Gasteiger partial charge in [0.25, 0.3) is 0 Å². The molecule has 0 bridgehead atoms. The fourth-order valence-corrected chi connectivity index (χ4v) is 4.14. The summed E-state index contributed by atoms with van der Waals surface area (Å²) in [5.74, 6) is 0.978. The molecular formula is C19H24F2N6. The standard InChI is InChI=1S/C19H24F2N6/c1-25(2)18-3-6-23-19(24-18)27-8-5-13-4-7-26(17(13)12-27)11-14-15(20)9-22-10-16(14)21/h3,6,9-10,13,17H,4-5,7-8,11-12H2,1-2H3. The minimum atomic E-state index is -0.576. The first kappa shape index (κ1) is 18.0. The van der Waals surface area contributed by atoms with E-state index in [9.17, 15) is 8.78 Å². The van der Waals surface area contributed by atoms with Crippen molar-refractivity contribution < 1.29 is 8.78 Å². The number of fused-ring (bicyclic) bond motifs is 1. The lowest BCUT2D eigenvalue weighted by Gasteiger charge is -2.38. The van der Waals surface area contributed by atoms with Gasteiger partial charge in [0.15, 0.2) is 0 Å². The van der Waals surface area contributed by atoms with Crippen LogP contribution in [0.1, 0.15) is 18.4 Å². The zero-order valence-corrected chi connectivity index (χ0v) is 15.6. The molecular weight excluding hydrogens is 350 g/mol. The van der Waals surface area contributed by atoms with Crippen molar-refractivity contribution in [2.24, 2.45) is 5.92 Å². The molecule has 0 aromatic carbocycles. The summed E-state index contributed by atoms with van der Waals surface area (Å²) >= 11 is 0. The second-order valence-corrected chi connectivity index (χ2v) is 7.51. The molecule has 2 unspecified atom stereocenters. The molecule has 2 aliphatic rings. The van der Waals surface area contributed by atoms with Crippen LogP contribution in [-0.4, -0.2) is 59.6 Å². The molecule has 2 atom stereocenters. The molecule has 0 spiro atoms. The highest BCUT2D eigenvalue weighted by Crippen LogP contribution is 2.34. The van der Waals surface area contributed by atoms with Crippen molar-refractivity contribution >= 4 is 11.8 Å². The van der Waals surface area contributed by atoms with Crippen LogP contribution >= 0.6 is 0 Å². The molecule has 2 aliphatic heterocycles. The number of rotatable bonds is 4. The second-order valence-electron chi connectivity index (χ2n) is 7.51. The molecule has 4 rings (SSSR count). The lowest BCUT2D eigenvalue weighted by Crippen LogP contribution is -2.48. The van der Waals surface area contributed by atoms with Gasteiger partial charge in [0, 0.05) is 51.5 Å². The molecule has 8 heteroatoms. The molecule has 2 fully saturated rings. The van der Waals surface area contributed by atoms with Gasteiger partial charge in [-0.05, 0) is 31.4 Å². The maximum Gasteiger partial charge on any atom is 0.227 e. The van der Waals surface area contributed by atoms with E-state index in [4.69, 9.17) is 0 Å². The third-order valence-electron chi connectivity index (χ3n) is 5.66. The van der Waals surface area contributed by atoms with Crippen LogP contribution in [0.5, 0.6) is 0 Å². The first-order chi connectivity index (χ1) is 13.0. The third-order valence-corrected chi connectivity index (χ3v) is 5.66. The summed E-state index contributed by atoms with van der Waals surface area (Å²) in [6, 6.07) is 2.13. The molecule has 0 N–H and O–H groups in total. The minimum absolute atomic E-state index is 0.105. The Balaban J connectivity index is 1.52. The van der Waals surface area contributed by atoms with Gasteiger partial charge in [0.2, 0.25) is 5.95 Å². The largest absolute Gasteiger partial charge is 0.363 e. The number of halogens is 2. The van der Waals surface area contributed by atoms with Gasteiger partial charge in [-0.3, -0.25) is 9.88 Å². The zero-order chi connectivity index (χ0) is 19.0. The molecule has 0 aliphatic carbocycles. The van der Waals surface area contributed by atoms with Gasteiger partial charge in [0.05, 0.1) is 12.4 Å². The Bertz CT molecular complexity index is 794. The Hall–Kier alpha value is -2.35. The predicted molar refractivity (Wildman–Crippen MR) is 99.6 cm³/mol. The van der Waals surface area contributed by atoms with Gasteiger partial charge < -0.3 is 9.80 Å². The summed E-state index contributed by atoms with van der Waals surface area (Å²) in [6.07, 6.45) is 6.04. The van der Waals surface area contributed by atoms with Crippen LogP contribution in [0.15, 0.2) is 24.7 Å². The summed E-state index contributed by atoms with van der Waals surface area (Å²) in [7, 11) is 3.91. The van der Waals surface area contributed by atoms with Crippen molar-refractivity contribution in [1.29, 1.82) is 0 Å². The molecule has 0 amide bonds. The third kappa shape index (κ3) is 3.58. The minimum Gasteiger partial charge on any atom is -0.363 e. The van der Waals surface area contributed by atoms with Crippen LogP contribution in [0.3, 0.4) is 0 Å². The van der Waals surface area contributed by atoms with E-state index in [0.717, 1.165) is 50.7 Å². The van der Waals surface area contributed by atoms with E-state index < -0.39 is 11.6 Å². The molecule has 144 valence electrons. The van der Waals surface area contributed by atoms with E-state index in [1.807, 2.05) is 25.1 Å². The molecule has 2 aromatic rings. The van der Waals surface area contributed by atoms with Crippen LogP contribution < -0.4 is 9.80 Å². The lowest BCUT2D eigenvalue weighted by atomic mass is 9.92. The van der Waals surface area contributed by atoms with Crippen molar-refractivity contribution in [3.05, 3.63) is 41.9 Å². The number of anilines is 2. The summed E-state index contributed by atoms with van der Waals surface area (Å²) < 4.78 is 28.1. The topological polar surface area (TPSA) is 48.4 Å². The smallest absolute Gasteiger partial charge is 0.227 e. The molecule has 27 heavy (non-hydrogen) atoms.